The summed E-state index contributed by atoms with van der Waals surface area (Å²) >= 11 is 3.36. The van der Waals surface area contributed by atoms with E-state index in [1.165, 1.54) is 6.92 Å². The zero-order valence-electron chi connectivity index (χ0n) is 13.5. The molecule has 0 radical (unpaired) electrons. The van der Waals surface area contributed by atoms with E-state index in [1.54, 1.807) is 25.1 Å². The molecule has 2 aromatic carbocycles. The maximum atomic E-state index is 12.3. The highest BCUT2D eigenvalue weighted by atomic mass is 79.9. The van der Waals surface area contributed by atoms with E-state index >= 15 is 0 Å². The zero-order chi connectivity index (χ0) is 17.5. The van der Waals surface area contributed by atoms with Crippen LogP contribution in [0, 0.1) is 0 Å². The minimum atomic E-state index is -0.630. The first kappa shape index (κ1) is 18.2. The average molecular weight is 391 g/mol. The molecule has 0 spiro atoms. The van der Waals surface area contributed by atoms with Gasteiger partial charge in [0.25, 0.3) is 5.91 Å². The number of anilines is 2. The van der Waals surface area contributed by atoms with Crippen molar-refractivity contribution >= 4 is 39.1 Å². The van der Waals surface area contributed by atoms with Crippen molar-refractivity contribution in [1.82, 2.24) is 0 Å². The summed E-state index contributed by atoms with van der Waals surface area (Å²) in [6.45, 7) is 3.46. The molecule has 0 bridgehead atoms. The Morgan fingerprint density at radius 1 is 1.08 bits per heavy atom. The topological polar surface area (TPSA) is 67.4 Å². The number of benzene rings is 2. The summed E-state index contributed by atoms with van der Waals surface area (Å²) in [5, 5.41) is 5.47. The summed E-state index contributed by atoms with van der Waals surface area (Å²) in [5.41, 5.74) is 2.05. The average Bonchev–Trinajstić information content (AvgIpc) is 2.55. The monoisotopic (exact) mass is 390 g/mol. The van der Waals surface area contributed by atoms with Crippen LogP contribution in [0.4, 0.5) is 11.4 Å². The van der Waals surface area contributed by atoms with Crippen LogP contribution in [0.2, 0.25) is 0 Å². The largest absolute Gasteiger partial charge is 0.364 e. The van der Waals surface area contributed by atoms with Crippen LogP contribution in [0.25, 0.3) is 0 Å². The lowest BCUT2D eigenvalue weighted by Gasteiger charge is -2.16. The summed E-state index contributed by atoms with van der Waals surface area (Å²) in [7, 11) is 0. The second-order valence-corrected chi connectivity index (χ2v) is 6.21. The molecule has 6 heteroatoms. The lowest BCUT2D eigenvalue weighted by Crippen LogP contribution is -2.28. The molecule has 0 saturated heterocycles. The van der Waals surface area contributed by atoms with Gasteiger partial charge in [0.1, 0.15) is 6.10 Å². The second-order valence-electron chi connectivity index (χ2n) is 5.30. The minimum Gasteiger partial charge on any atom is -0.364 e. The minimum absolute atomic E-state index is 0.207. The van der Waals surface area contributed by atoms with Crippen LogP contribution in [0.1, 0.15) is 19.4 Å². The first-order valence-electron chi connectivity index (χ1n) is 7.49. The fourth-order valence-electron chi connectivity index (χ4n) is 2.02. The number of hydrogen-bond donors (Lipinski definition) is 2. The molecule has 0 aliphatic rings. The quantitative estimate of drug-likeness (QED) is 0.784. The van der Waals surface area contributed by atoms with Crippen molar-refractivity contribution in [1.29, 1.82) is 0 Å². The second kappa shape index (κ2) is 8.61. The fourth-order valence-corrected chi connectivity index (χ4v) is 2.39. The molecule has 5 nitrogen and oxygen atoms in total. The predicted molar refractivity (Wildman–Crippen MR) is 97.8 cm³/mol. The first-order valence-corrected chi connectivity index (χ1v) is 8.28. The molecule has 126 valence electrons. The van der Waals surface area contributed by atoms with Crippen LogP contribution in [0.3, 0.4) is 0 Å². The first-order chi connectivity index (χ1) is 11.5. The van der Waals surface area contributed by atoms with E-state index < -0.39 is 6.10 Å². The number of halogens is 1. The van der Waals surface area contributed by atoms with Crippen LogP contribution in [-0.4, -0.2) is 17.9 Å². The molecule has 0 fully saturated rings. The smallest absolute Gasteiger partial charge is 0.253 e. The highest BCUT2D eigenvalue weighted by molar-refractivity contribution is 9.10. The molecule has 24 heavy (non-hydrogen) atoms. The number of nitrogens with one attached hydrogen (secondary N) is 2. The summed E-state index contributed by atoms with van der Waals surface area (Å²) in [4.78, 5) is 23.6. The van der Waals surface area contributed by atoms with Gasteiger partial charge in [-0.05, 0) is 30.7 Å². The van der Waals surface area contributed by atoms with Crippen molar-refractivity contribution in [2.45, 2.75) is 26.6 Å². The molecule has 0 aliphatic heterocycles. The number of ether oxygens (including phenoxy) is 1. The van der Waals surface area contributed by atoms with Crippen molar-refractivity contribution < 1.29 is 14.3 Å². The van der Waals surface area contributed by atoms with E-state index in [1.807, 2.05) is 30.3 Å². The van der Waals surface area contributed by atoms with Crippen molar-refractivity contribution in [2.24, 2.45) is 0 Å². The Hall–Kier alpha value is -2.18. The molecule has 1 unspecified atom stereocenters. The predicted octanol–water partition coefficient (Wildman–Crippen LogP) is 3.95. The van der Waals surface area contributed by atoms with Crippen LogP contribution < -0.4 is 10.6 Å². The van der Waals surface area contributed by atoms with Gasteiger partial charge in [-0.1, -0.05) is 46.3 Å². The van der Waals surface area contributed by atoms with E-state index in [2.05, 4.69) is 26.6 Å². The van der Waals surface area contributed by atoms with Crippen LogP contribution in [-0.2, 0) is 20.9 Å². The van der Waals surface area contributed by atoms with E-state index in [9.17, 15) is 9.59 Å². The van der Waals surface area contributed by atoms with Crippen molar-refractivity contribution in [3.05, 3.63) is 58.6 Å². The molecule has 2 amide bonds. The Labute approximate surface area is 149 Å². The van der Waals surface area contributed by atoms with Gasteiger partial charge in [0.15, 0.2) is 0 Å². The van der Waals surface area contributed by atoms with Gasteiger partial charge in [0.05, 0.1) is 18.0 Å². The van der Waals surface area contributed by atoms with Gasteiger partial charge in [0, 0.05) is 11.4 Å². The maximum Gasteiger partial charge on any atom is 0.253 e. The Kier molecular flexibility index (Phi) is 6.52. The Balaban J connectivity index is 2.00. The molecule has 0 saturated carbocycles. The van der Waals surface area contributed by atoms with Gasteiger partial charge < -0.3 is 15.4 Å². The van der Waals surface area contributed by atoms with Crippen LogP contribution in [0.15, 0.2) is 53.0 Å². The lowest BCUT2D eigenvalue weighted by atomic mass is 10.2. The van der Waals surface area contributed by atoms with Gasteiger partial charge in [-0.25, -0.2) is 0 Å². The van der Waals surface area contributed by atoms with Gasteiger partial charge in [0.2, 0.25) is 5.91 Å². The zero-order valence-corrected chi connectivity index (χ0v) is 15.1. The molecule has 2 rings (SSSR count). The molecule has 0 aromatic heterocycles. The van der Waals surface area contributed by atoms with Crippen molar-refractivity contribution in [3.63, 3.8) is 0 Å². The molecular formula is C18H19BrN2O3. The third-order valence-corrected chi connectivity index (χ3v) is 3.76. The third-order valence-electron chi connectivity index (χ3n) is 3.26. The van der Waals surface area contributed by atoms with Crippen LogP contribution >= 0.6 is 15.9 Å². The number of hydrogen-bond acceptors (Lipinski definition) is 3. The van der Waals surface area contributed by atoms with Crippen molar-refractivity contribution in [2.75, 3.05) is 10.6 Å². The summed E-state index contributed by atoms with van der Waals surface area (Å²) in [6, 6.07) is 14.9. The SMILES string of the molecule is CC(=O)Nc1ccc(Br)cc1NC(=O)C(C)OCc1ccccc1. The van der Waals surface area contributed by atoms with Crippen molar-refractivity contribution in [3.8, 4) is 0 Å². The lowest BCUT2D eigenvalue weighted by molar-refractivity contribution is -0.127. The standard InChI is InChI=1S/C18H19BrN2O3/c1-12(24-11-14-6-4-3-5-7-14)18(23)21-17-10-15(19)8-9-16(17)20-13(2)22/h3-10,12H,11H2,1-2H3,(H,20,22)(H,21,23). The number of carbonyl (C=O) groups excluding carboxylic acids is 2. The van der Waals surface area contributed by atoms with E-state index in [-0.39, 0.29) is 11.8 Å². The summed E-state index contributed by atoms with van der Waals surface area (Å²) < 4.78 is 6.40. The van der Waals surface area contributed by atoms with E-state index in [0.717, 1.165) is 10.0 Å². The Bertz CT molecular complexity index is 719. The maximum absolute atomic E-state index is 12.3. The molecule has 1 atom stereocenters. The molecule has 2 N–H and O–H groups in total. The normalized spacial score (nSPS) is 11.6. The molecular weight excluding hydrogens is 372 g/mol. The fraction of sp³-hybridized carbons (Fsp3) is 0.222. The molecule has 0 aliphatic carbocycles. The van der Waals surface area contributed by atoms with Gasteiger partial charge in [-0.3, -0.25) is 9.59 Å². The summed E-state index contributed by atoms with van der Waals surface area (Å²) in [5.74, 6) is -0.489. The van der Waals surface area contributed by atoms with E-state index in [0.29, 0.717) is 18.0 Å². The number of rotatable bonds is 6. The Morgan fingerprint density at radius 3 is 2.46 bits per heavy atom. The number of carbonyl (C=O) groups is 2. The third kappa shape index (κ3) is 5.47. The van der Waals surface area contributed by atoms with Crippen LogP contribution in [0.5, 0.6) is 0 Å². The molecule has 2 aromatic rings. The molecule has 0 heterocycles. The summed E-state index contributed by atoms with van der Waals surface area (Å²) in [6.07, 6.45) is -0.630. The highest BCUT2D eigenvalue weighted by Gasteiger charge is 2.16. The number of amides is 2. The highest BCUT2D eigenvalue weighted by Crippen LogP contribution is 2.26. The van der Waals surface area contributed by atoms with E-state index in [4.69, 9.17) is 4.74 Å². The van der Waals surface area contributed by atoms with Gasteiger partial charge >= 0.3 is 0 Å². The van der Waals surface area contributed by atoms with Gasteiger partial charge in [-0.15, -0.1) is 0 Å². The van der Waals surface area contributed by atoms with Gasteiger partial charge in [-0.2, -0.15) is 0 Å². The Morgan fingerprint density at radius 2 is 1.79 bits per heavy atom.